The van der Waals surface area contributed by atoms with Gasteiger partial charge in [0, 0.05) is 11.4 Å². The Hall–Kier alpha value is -3.53. The summed E-state index contributed by atoms with van der Waals surface area (Å²) in [5.41, 5.74) is 1.38. The first-order chi connectivity index (χ1) is 15.4. The Morgan fingerprint density at radius 2 is 1.67 bits per heavy atom. The van der Waals surface area contributed by atoms with Crippen molar-refractivity contribution in [1.29, 1.82) is 0 Å². The zero-order valence-electron chi connectivity index (χ0n) is 17.7. The quantitative estimate of drug-likeness (QED) is 0.493. The molecule has 0 saturated carbocycles. The Morgan fingerprint density at radius 1 is 0.970 bits per heavy atom. The van der Waals surface area contributed by atoms with Crippen molar-refractivity contribution < 1.29 is 31.1 Å². The van der Waals surface area contributed by atoms with Gasteiger partial charge in [0.15, 0.2) is 6.61 Å². The molecule has 0 heterocycles. The molecule has 3 aromatic carbocycles. The lowest BCUT2D eigenvalue weighted by molar-refractivity contribution is -0.137. The van der Waals surface area contributed by atoms with Gasteiger partial charge in [0.2, 0.25) is 0 Å². The first-order valence-electron chi connectivity index (χ1n) is 9.74. The van der Waals surface area contributed by atoms with E-state index in [1.54, 1.807) is 0 Å². The molecule has 6 nitrogen and oxygen atoms in total. The topological polar surface area (TPSA) is 84.5 Å². The zero-order valence-corrected chi connectivity index (χ0v) is 18.5. The molecule has 3 aromatic rings. The second kappa shape index (κ2) is 9.53. The van der Waals surface area contributed by atoms with E-state index in [0.717, 1.165) is 23.3 Å². The molecule has 0 radical (unpaired) electrons. The number of carbonyl (C=O) groups excluding carboxylic acids is 1. The molecule has 10 heteroatoms. The number of hydrogen-bond donors (Lipinski definition) is 2. The van der Waals surface area contributed by atoms with Gasteiger partial charge in [-0.05, 0) is 73.5 Å². The van der Waals surface area contributed by atoms with Crippen molar-refractivity contribution in [2.45, 2.75) is 24.9 Å². The fourth-order valence-electron chi connectivity index (χ4n) is 2.89. The summed E-state index contributed by atoms with van der Waals surface area (Å²) >= 11 is 0. The summed E-state index contributed by atoms with van der Waals surface area (Å²) in [7, 11) is -4.13. The Morgan fingerprint density at radius 3 is 2.33 bits per heavy atom. The number of aryl methyl sites for hydroxylation is 2. The number of rotatable bonds is 7. The lowest BCUT2D eigenvalue weighted by atomic mass is 10.1. The fourth-order valence-corrected chi connectivity index (χ4v) is 3.94. The van der Waals surface area contributed by atoms with Gasteiger partial charge in [-0.1, -0.05) is 18.2 Å². The smallest absolute Gasteiger partial charge is 0.416 e. The van der Waals surface area contributed by atoms with Gasteiger partial charge in [-0.2, -0.15) is 13.2 Å². The number of halogens is 3. The predicted molar refractivity (Wildman–Crippen MR) is 119 cm³/mol. The second-order valence-electron chi connectivity index (χ2n) is 7.31. The van der Waals surface area contributed by atoms with E-state index in [9.17, 15) is 26.4 Å². The molecule has 0 fully saturated rings. The normalized spacial score (nSPS) is 11.7. The molecule has 174 valence electrons. The summed E-state index contributed by atoms with van der Waals surface area (Å²) in [6.45, 7) is 3.48. The Balaban J connectivity index is 1.62. The van der Waals surface area contributed by atoms with Gasteiger partial charge in [-0.25, -0.2) is 8.42 Å². The third kappa shape index (κ3) is 6.48. The molecule has 0 atom stereocenters. The van der Waals surface area contributed by atoms with Gasteiger partial charge >= 0.3 is 6.18 Å². The van der Waals surface area contributed by atoms with E-state index in [-0.39, 0.29) is 28.8 Å². The van der Waals surface area contributed by atoms with Crippen LogP contribution in [0.4, 0.5) is 24.5 Å². The van der Waals surface area contributed by atoms with E-state index < -0.39 is 21.8 Å². The minimum Gasteiger partial charge on any atom is -0.484 e. The van der Waals surface area contributed by atoms with Gasteiger partial charge in [-0.3, -0.25) is 9.52 Å². The number of nitrogens with one attached hydrogen (secondary N) is 2. The van der Waals surface area contributed by atoms with Crippen LogP contribution in [0, 0.1) is 13.8 Å². The Labute approximate surface area is 189 Å². The molecule has 0 unspecified atom stereocenters. The lowest BCUT2D eigenvalue weighted by Crippen LogP contribution is -2.20. The maximum absolute atomic E-state index is 12.8. The Kier molecular flexibility index (Phi) is 6.97. The van der Waals surface area contributed by atoms with Gasteiger partial charge in [-0.15, -0.1) is 0 Å². The standard InChI is InChI=1S/C23H21F3N2O4S/c1-15-6-7-16(2)21(12-15)27-22(29)14-32-19-8-10-20(11-9-19)33(30,31)28-18-5-3-4-17(13-18)23(24,25)26/h3-13,28H,14H2,1-2H3,(H,27,29). The molecular formula is C23H21F3N2O4S. The monoisotopic (exact) mass is 478 g/mol. The number of ether oxygens (including phenoxy) is 1. The first-order valence-corrected chi connectivity index (χ1v) is 11.2. The molecule has 0 aliphatic heterocycles. The Bertz CT molecular complexity index is 1260. The minimum atomic E-state index is -4.59. The summed E-state index contributed by atoms with van der Waals surface area (Å²) in [6.07, 6.45) is -4.59. The lowest BCUT2D eigenvalue weighted by Gasteiger charge is -2.12. The van der Waals surface area contributed by atoms with Crippen molar-refractivity contribution in [2.24, 2.45) is 0 Å². The third-order valence-electron chi connectivity index (χ3n) is 4.61. The largest absolute Gasteiger partial charge is 0.484 e. The van der Waals surface area contributed by atoms with E-state index in [2.05, 4.69) is 10.0 Å². The zero-order chi connectivity index (χ0) is 24.2. The molecule has 0 aromatic heterocycles. The highest BCUT2D eigenvalue weighted by Crippen LogP contribution is 2.31. The maximum Gasteiger partial charge on any atom is 0.416 e. The van der Waals surface area contributed by atoms with Gasteiger partial charge < -0.3 is 10.1 Å². The van der Waals surface area contributed by atoms with Crippen LogP contribution in [-0.4, -0.2) is 20.9 Å². The summed E-state index contributed by atoms with van der Waals surface area (Å²) in [5, 5.41) is 2.75. The molecule has 2 N–H and O–H groups in total. The van der Waals surface area contributed by atoms with E-state index in [0.29, 0.717) is 11.8 Å². The van der Waals surface area contributed by atoms with Crippen LogP contribution in [0.15, 0.2) is 71.6 Å². The molecular weight excluding hydrogens is 457 g/mol. The molecule has 33 heavy (non-hydrogen) atoms. The first kappa shape index (κ1) is 24.1. The number of hydrogen-bond acceptors (Lipinski definition) is 4. The van der Waals surface area contributed by atoms with Crippen LogP contribution in [-0.2, 0) is 21.0 Å². The van der Waals surface area contributed by atoms with Gasteiger partial charge in [0.05, 0.1) is 10.5 Å². The summed E-state index contributed by atoms with van der Waals surface area (Å²) in [4.78, 5) is 12.0. The number of sulfonamides is 1. The second-order valence-corrected chi connectivity index (χ2v) is 8.99. The molecule has 0 bridgehead atoms. The predicted octanol–water partition coefficient (Wildman–Crippen LogP) is 5.14. The van der Waals surface area contributed by atoms with E-state index in [1.165, 1.54) is 30.3 Å². The molecule has 3 rings (SSSR count). The maximum atomic E-state index is 12.8. The number of alkyl halides is 3. The number of benzene rings is 3. The van der Waals surface area contributed by atoms with Crippen molar-refractivity contribution in [3.05, 3.63) is 83.4 Å². The third-order valence-corrected chi connectivity index (χ3v) is 6.01. The molecule has 1 amide bonds. The number of anilines is 2. The fraction of sp³-hybridized carbons (Fsp3) is 0.174. The van der Waals surface area contributed by atoms with E-state index in [4.69, 9.17) is 4.74 Å². The van der Waals surface area contributed by atoms with Crippen LogP contribution in [0.2, 0.25) is 0 Å². The molecule has 0 aliphatic rings. The summed E-state index contributed by atoms with van der Waals surface area (Å²) in [6, 6.07) is 14.7. The van der Waals surface area contributed by atoms with Crippen molar-refractivity contribution >= 4 is 27.3 Å². The number of carbonyl (C=O) groups is 1. The average Bonchev–Trinajstić information content (AvgIpc) is 2.74. The van der Waals surface area contributed by atoms with Crippen molar-refractivity contribution in [3.63, 3.8) is 0 Å². The summed E-state index contributed by atoms with van der Waals surface area (Å²) < 4.78 is 71.0. The molecule has 0 saturated heterocycles. The van der Waals surface area contributed by atoms with Crippen LogP contribution < -0.4 is 14.8 Å². The number of amides is 1. The van der Waals surface area contributed by atoms with E-state index >= 15 is 0 Å². The van der Waals surface area contributed by atoms with E-state index in [1.807, 2.05) is 32.0 Å². The van der Waals surface area contributed by atoms with Gasteiger partial charge in [0.25, 0.3) is 15.9 Å². The van der Waals surface area contributed by atoms with Crippen LogP contribution >= 0.6 is 0 Å². The minimum absolute atomic E-state index is 0.174. The van der Waals surface area contributed by atoms with Crippen LogP contribution in [0.3, 0.4) is 0 Å². The van der Waals surface area contributed by atoms with Crippen LogP contribution in [0.1, 0.15) is 16.7 Å². The van der Waals surface area contributed by atoms with Crippen molar-refractivity contribution in [3.8, 4) is 5.75 Å². The van der Waals surface area contributed by atoms with Crippen molar-refractivity contribution in [2.75, 3.05) is 16.6 Å². The summed E-state index contributed by atoms with van der Waals surface area (Å²) in [5.74, 6) is -0.129. The highest BCUT2D eigenvalue weighted by molar-refractivity contribution is 7.92. The van der Waals surface area contributed by atoms with Gasteiger partial charge in [0.1, 0.15) is 5.75 Å². The van der Waals surface area contributed by atoms with Crippen LogP contribution in [0.25, 0.3) is 0 Å². The SMILES string of the molecule is Cc1ccc(C)c(NC(=O)COc2ccc(S(=O)(=O)Nc3cccc(C(F)(F)F)c3)cc2)c1. The highest BCUT2D eigenvalue weighted by Gasteiger charge is 2.30. The average molecular weight is 478 g/mol. The van der Waals surface area contributed by atoms with Crippen LogP contribution in [0.5, 0.6) is 5.75 Å². The highest BCUT2D eigenvalue weighted by atomic mass is 32.2. The molecule has 0 aliphatic carbocycles. The molecule has 0 spiro atoms. The van der Waals surface area contributed by atoms with Crippen molar-refractivity contribution in [1.82, 2.24) is 0 Å².